The topological polar surface area (TPSA) is 59.5 Å². The van der Waals surface area contributed by atoms with Crippen LogP contribution in [-0.4, -0.2) is 48.2 Å². The fourth-order valence-electron chi connectivity index (χ4n) is 3.09. The first-order chi connectivity index (χ1) is 12.2. The fraction of sp³-hybridized carbons (Fsp3) is 0.474. The van der Waals surface area contributed by atoms with Crippen LogP contribution in [0.4, 0.5) is 5.69 Å². The van der Waals surface area contributed by atoms with E-state index in [4.69, 9.17) is 9.47 Å². The molecule has 0 amide bonds. The van der Waals surface area contributed by atoms with Crippen LogP contribution in [0.1, 0.15) is 24.2 Å². The van der Waals surface area contributed by atoms with Gasteiger partial charge in [-0.1, -0.05) is 0 Å². The SMILES string of the molecule is COc1cc(NC2CCN(Cc3cnc(C)cn3)CC2)cc(OC)c1. The van der Waals surface area contributed by atoms with E-state index in [1.165, 1.54) is 0 Å². The zero-order valence-corrected chi connectivity index (χ0v) is 15.2. The van der Waals surface area contributed by atoms with Gasteiger partial charge in [0, 0.05) is 62.0 Å². The molecule has 1 aromatic heterocycles. The van der Waals surface area contributed by atoms with Crippen molar-refractivity contribution in [2.75, 3.05) is 32.6 Å². The second-order valence-corrected chi connectivity index (χ2v) is 6.45. The van der Waals surface area contributed by atoms with E-state index in [0.29, 0.717) is 6.04 Å². The van der Waals surface area contributed by atoms with Crippen molar-refractivity contribution in [3.63, 3.8) is 0 Å². The van der Waals surface area contributed by atoms with Gasteiger partial charge in [-0.2, -0.15) is 0 Å². The molecule has 0 bridgehead atoms. The zero-order valence-electron chi connectivity index (χ0n) is 15.2. The van der Waals surface area contributed by atoms with Crippen molar-refractivity contribution in [2.24, 2.45) is 0 Å². The third-order valence-electron chi connectivity index (χ3n) is 4.53. The number of ether oxygens (including phenoxy) is 2. The molecule has 1 aliphatic rings. The quantitative estimate of drug-likeness (QED) is 0.871. The van der Waals surface area contributed by atoms with Gasteiger partial charge in [-0.3, -0.25) is 14.9 Å². The molecule has 3 rings (SSSR count). The summed E-state index contributed by atoms with van der Waals surface area (Å²) >= 11 is 0. The minimum absolute atomic E-state index is 0.456. The van der Waals surface area contributed by atoms with Crippen LogP contribution >= 0.6 is 0 Å². The highest BCUT2D eigenvalue weighted by Gasteiger charge is 2.20. The van der Waals surface area contributed by atoms with E-state index < -0.39 is 0 Å². The standard InChI is InChI=1S/C19H26N4O2/c1-14-11-21-17(12-20-14)13-23-6-4-15(5-7-23)22-16-8-18(24-2)10-19(9-16)25-3/h8-12,15,22H,4-7,13H2,1-3H3. The molecule has 6 heteroatoms. The van der Waals surface area contributed by atoms with Gasteiger partial charge in [0.1, 0.15) is 11.5 Å². The molecule has 134 valence electrons. The third kappa shape index (κ3) is 4.82. The van der Waals surface area contributed by atoms with Crippen LogP contribution in [0, 0.1) is 6.92 Å². The molecule has 25 heavy (non-hydrogen) atoms. The first-order valence-corrected chi connectivity index (χ1v) is 8.66. The van der Waals surface area contributed by atoms with E-state index in [0.717, 1.165) is 61.1 Å². The lowest BCUT2D eigenvalue weighted by Gasteiger charge is -2.32. The second-order valence-electron chi connectivity index (χ2n) is 6.45. The number of hydrogen-bond acceptors (Lipinski definition) is 6. The maximum absolute atomic E-state index is 5.34. The molecule has 1 fully saturated rings. The van der Waals surface area contributed by atoms with Crippen LogP contribution in [0.2, 0.25) is 0 Å². The van der Waals surface area contributed by atoms with Gasteiger partial charge in [-0.05, 0) is 19.8 Å². The molecule has 0 unspecified atom stereocenters. The largest absolute Gasteiger partial charge is 0.497 e. The Labute approximate surface area is 149 Å². The zero-order chi connectivity index (χ0) is 17.6. The Morgan fingerprint density at radius 2 is 1.72 bits per heavy atom. The summed E-state index contributed by atoms with van der Waals surface area (Å²) in [5.41, 5.74) is 3.04. The number of likely N-dealkylation sites (tertiary alicyclic amines) is 1. The highest BCUT2D eigenvalue weighted by atomic mass is 16.5. The highest BCUT2D eigenvalue weighted by molar-refractivity contribution is 5.54. The second kappa shape index (κ2) is 8.16. The molecule has 1 aromatic carbocycles. The van der Waals surface area contributed by atoms with Crippen LogP contribution in [0.15, 0.2) is 30.6 Å². The molecule has 0 aliphatic carbocycles. The minimum Gasteiger partial charge on any atom is -0.497 e. The Morgan fingerprint density at radius 1 is 1.04 bits per heavy atom. The van der Waals surface area contributed by atoms with Gasteiger partial charge >= 0.3 is 0 Å². The van der Waals surface area contributed by atoms with Gasteiger partial charge < -0.3 is 14.8 Å². The first kappa shape index (κ1) is 17.5. The fourth-order valence-corrected chi connectivity index (χ4v) is 3.09. The average Bonchev–Trinajstić information content (AvgIpc) is 2.65. The molecule has 2 aromatic rings. The Hall–Kier alpha value is -2.34. The van der Waals surface area contributed by atoms with Gasteiger partial charge in [0.2, 0.25) is 0 Å². The summed E-state index contributed by atoms with van der Waals surface area (Å²) in [6, 6.07) is 6.36. The summed E-state index contributed by atoms with van der Waals surface area (Å²) in [7, 11) is 3.34. The number of piperidine rings is 1. The number of aromatic nitrogens is 2. The lowest BCUT2D eigenvalue weighted by atomic mass is 10.0. The molecule has 6 nitrogen and oxygen atoms in total. The van der Waals surface area contributed by atoms with Crippen molar-refractivity contribution in [3.8, 4) is 11.5 Å². The van der Waals surface area contributed by atoms with Crippen LogP contribution in [0.3, 0.4) is 0 Å². The van der Waals surface area contributed by atoms with E-state index >= 15 is 0 Å². The van der Waals surface area contributed by atoms with E-state index in [1.807, 2.05) is 37.5 Å². The smallest absolute Gasteiger partial charge is 0.124 e. The molecular formula is C19H26N4O2. The molecule has 2 heterocycles. The van der Waals surface area contributed by atoms with Gasteiger partial charge in [0.25, 0.3) is 0 Å². The van der Waals surface area contributed by atoms with Crippen LogP contribution in [-0.2, 0) is 6.54 Å². The van der Waals surface area contributed by atoms with E-state index in [1.54, 1.807) is 14.2 Å². The summed E-state index contributed by atoms with van der Waals surface area (Å²) in [6.07, 6.45) is 5.90. The average molecular weight is 342 g/mol. The summed E-state index contributed by atoms with van der Waals surface area (Å²) in [5, 5.41) is 3.61. The minimum atomic E-state index is 0.456. The van der Waals surface area contributed by atoms with Crippen molar-refractivity contribution in [3.05, 3.63) is 42.0 Å². The molecule has 1 aliphatic heterocycles. The summed E-state index contributed by atoms with van der Waals surface area (Å²) < 4.78 is 10.7. The summed E-state index contributed by atoms with van der Waals surface area (Å²) in [5.74, 6) is 1.61. The number of aryl methyl sites for hydroxylation is 1. The molecular weight excluding hydrogens is 316 g/mol. The molecule has 0 saturated carbocycles. The first-order valence-electron chi connectivity index (χ1n) is 8.66. The lowest BCUT2D eigenvalue weighted by molar-refractivity contribution is 0.209. The number of benzene rings is 1. The van der Waals surface area contributed by atoms with Gasteiger partial charge in [0.15, 0.2) is 0 Å². The maximum Gasteiger partial charge on any atom is 0.124 e. The predicted molar refractivity (Wildman–Crippen MR) is 98.2 cm³/mol. The van der Waals surface area contributed by atoms with Crippen molar-refractivity contribution < 1.29 is 9.47 Å². The number of methoxy groups -OCH3 is 2. The maximum atomic E-state index is 5.34. The van der Waals surface area contributed by atoms with Crippen molar-refractivity contribution in [2.45, 2.75) is 32.4 Å². The molecule has 0 atom stereocenters. The van der Waals surface area contributed by atoms with Gasteiger partial charge in [-0.15, -0.1) is 0 Å². The Balaban J connectivity index is 1.53. The van der Waals surface area contributed by atoms with Crippen LogP contribution in [0.25, 0.3) is 0 Å². The molecule has 0 spiro atoms. The number of anilines is 1. The molecule has 0 radical (unpaired) electrons. The predicted octanol–water partition coefficient (Wildman–Crippen LogP) is 2.88. The van der Waals surface area contributed by atoms with Gasteiger partial charge in [0.05, 0.1) is 25.6 Å². The number of nitrogens with zero attached hydrogens (tertiary/aromatic N) is 3. The number of nitrogens with one attached hydrogen (secondary N) is 1. The van der Waals surface area contributed by atoms with Crippen molar-refractivity contribution in [1.82, 2.24) is 14.9 Å². The van der Waals surface area contributed by atoms with E-state index in [2.05, 4.69) is 20.2 Å². The third-order valence-corrected chi connectivity index (χ3v) is 4.53. The summed E-state index contributed by atoms with van der Waals surface area (Å²) in [4.78, 5) is 11.2. The Bertz CT molecular complexity index is 660. The highest BCUT2D eigenvalue weighted by Crippen LogP contribution is 2.27. The Morgan fingerprint density at radius 3 is 2.28 bits per heavy atom. The number of hydrogen-bond donors (Lipinski definition) is 1. The lowest BCUT2D eigenvalue weighted by Crippen LogP contribution is -2.38. The van der Waals surface area contributed by atoms with Crippen molar-refractivity contribution >= 4 is 5.69 Å². The molecule has 1 saturated heterocycles. The number of rotatable bonds is 6. The van der Waals surface area contributed by atoms with Crippen LogP contribution < -0.4 is 14.8 Å². The molecule has 1 N–H and O–H groups in total. The summed E-state index contributed by atoms with van der Waals surface area (Å²) in [6.45, 7) is 4.93. The van der Waals surface area contributed by atoms with Crippen molar-refractivity contribution in [1.29, 1.82) is 0 Å². The van der Waals surface area contributed by atoms with E-state index in [-0.39, 0.29) is 0 Å². The van der Waals surface area contributed by atoms with Gasteiger partial charge in [-0.25, -0.2) is 0 Å². The van der Waals surface area contributed by atoms with Crippen LogP contribution in [0.5, 0.6) is 11.5 Å². The monoisotopic (exact) mass is 342 g/mol. The Kier molecular flexibility index (Phi) is 5.71. The normalized spacial score (nSPS) is 15.8. The van der Waals surface area contributed by atoms with E-state index in [9.17, 15) is 0 Å².